The normalized spacial score (nSPS) is 14.4. The Labute approximate surface area is 185 Å². The molecule has 168 valence electrons. The number of unbranched alkanes of at least 4 members (excludes halogenated alkanes) is 1. The molecule has 0 N–H and O–H groups in total. The highest BCUT2D eigenvalue weighted by Crippen LogP contribution is 2.39. The minimum atomic E-state index is -0.000539. The van der Waals surface area contributed by atoms with E-state index in [-0.39, 0.29) is 5.91 Å². The van der Waals surface area contributed by atoms with Crippen molar-refractivity contribution in [1.82, 2.24) is 9.80 Å². The molecule has 0 spiro atoms. The fraction of sp³-hybridized carbons (Fsp3) is 0.480. The summed E-state index contributed by atoms with van der Waals surface area (Å²) in [5, 5.41) is 0. The number of methoxy groups -OCH3 is 2. The first-order valence-corrected chi connectivity index (χ1v) is 11.1. The molecule has 0 aromatic heterocycles. The molecule has 0 radical (unpaired) electrons. The Morgan fingerprint density at radius 1 is 0.968 bits per heavy atom. The number of carbonyl (C=O) groups is 1. The van der Waals surface area contributed by atoms with E-state index in [2.05, 4.69) is 36.1 Å². The van der Waals surface area contributed by atoms with Crippen molar-refractivity contribution in [2.45, 2.75) is 26.2 Å². The highest BCUT2D eigenvalue weighted by Gasteiger charge is 2.24. The third kappa shape index (κ3) is 6.14. The molecule has 0 bridgehead atoms. The van der Waals surface area contributed by atoms with Crippen LogP contribution < -0.4 is 14.2 Å². The second kappa shape index (κ2) is 11.6. The number of amides is 1. The number of nitrogens with zero attached hydrogens (tertiary/aromatic N) is 2. The summed E-state index contributed by atoms with van der Waals surface area (Å²) in [6, 6.07) is 14.0. The summed E-state index contributed by atoms with van der Waals surface area (Å²) in [7, 11) is 3.17. The van der Waals surface area contributed by atoms with E-state index >= 15 is 0 Å². The quantitative estimate of drug-likeness (QED) is 0.540. The molecule has 0 saturated carbocycles. The summed E-state index contributed by atoms with van der Waals surface area (Å²) in [6.45, 7) is 6.90. The zero-order valence-corrected chi connectivity index (χ0v) is 18.9. The topological polar surface area (TPSA) is 51.2 Å². The van der Waals surface area contributed by atoms with E-state index in [1.807, 2.05) is 11.0 Å². The molecule has 1 amide bonds. The molecule has 1 heterocycles. The first kappa shape index (κ1) is 22.9. The van der Waals surface area contributed by atoms with Crippen molar-refractivity contribution in [3.8, 4) is 17.2 Å². The minimum absolute atomic E-state index is 0.000539. The first-order chi connectivity index (χ1) is 15.2. The second-order valence-corrected chi connectivity index (χ2v) is 7.78. The minimum Gasteiger partial charge on any atom is -0.493 e. The number of rotatable bonds is 10. The maximum absolute atomic E-state index is 13.1. The van der Waals surface area contributed by atoms with Crippen molar-refractivity contribution in [2.24, 2.45) is 0 Å². The van der Waals surface area contributed by atoms with Crippen molar-refractivity contribution in [3.63, 3.8) is 0 Å². The predicted molar refractivity (Wildman–Crippen MR) is 122 cm³/mol. The van der Waals surface area contributed by atoms with Crippen LogP contribution in [0, 0.1) is 0 Å². The smallest absolute Gasteiger partial charge is 0.254 e. The molecular weight excluding hydrogens is 392 g/mol. The van der Waals surface area contributed by atoms with Crippen LogP contribution in [0.25, 0.3) is 0 Å². The summed E-state index contributed by atoms with van der Waals surface area (Å²) in [5.41, 5.74) is 1.91. The van der Waals surface area contributed by atoms with Crippen molar-refractivity contribution in [1.29, 1.82) is 0 Å². The monoisotopic (exact) mass is 426 g/mol. The maximum atomic E-state index is 13.1. The van der Waals surface area contributed by atoms with Crippen LogP contribution in [0.15, 0.2) is 42.5 Å². The third-order valence-electron chi connectivity index (χ3n) is 5.67. The highest BCUT2D eigenvalue weighted by molar-refractivity contribution is 5.95. The fourth-order valence-corrected chi connectivity index (χ4v) is 3.75. The van der Waals surface area contributed by atoms with Crippen molar-refractivity contribution in [3.05, 3.63) is 53.6 Å². The molecule has 2 aromatic rings. The summed E-state index contributed by atoms with van der Waals surface area (Å²) in [5.74, 6) is 1.61. The maximum Gasteiger partial charge on any atom is 0.254 e. The lowest BCUT2D eigenvalue weighted by atomic mass is 10.1. The lowest BCUT2D eigenvalue weighted by Gasteiger charge is -2.35. The second-order valence-electron chi connectivity index (χ2n) is 7.78. The van der Waals surface area contributed by atoms with Gasteiger partial charge in [0.1, 0.15) is 0 Å². The van der Waals surface area contributed by atoms with E-state index in [9.17, 15) is 4.79 Å². The molecule has 1 fully saturated rings. The van der Waals surface area contributed by atoms with Crippen LogP contribution in [0.3, 0.4) is 0 Å². The van der Waals surface area contributed by atoms with Crippen LogP contribution in [0.4, 0.5) is 0 Å². The lowest BCUT2D eigenvalue weighted by molar-refractivity contribution is 0.0637. The van der Waals surface area contributed by atoms with Crippen LogP contribution in [-0.2, 0) is 6.42 Å². The van der Waals surface area contributed by atoms with E-state index in [0.29, 0.717) is 42.5 Å². The van der Waals surface area contributed by atoms with Gasteiger partial charge < -0.3 is 19.1 Å². The molecule has 6 nitrogen and oxygen atoms in total. The van der Waals surface area contributed by atoms with E-state index in [1.54, 1.807) is 26.4 Å². The zero-order chi connectivity index (χ0) is 22.1. The van der Waals surface area contributed by atoms with Gasteiger partial charge in [-0.3, -0.25) is 9.69 Å². The number of hydrogen-bond acceptors (Lipinski definition) is 5. The van der Waals surface area contributed by atoms with Gasteiger partial charge in [-0.2, -0.15) is 0 Å². The molecular formula is C25H34N2O4. The number of piperazine rings is 1. The van der Waals surface area contributed by atoms with E-state index in [0.717, 1.165) is 38.9 Å². The number of carbonyl (C=O) groups excluding carboxylic acids is 1. The average Bonchev–Trinajstić information content (AvgIpc) is 2.83. The molecule has 1 aliphatic heterocycles. The van der Waals surface area contributed by atoms with Crippen LogP contribution in [0.5, 0.6) is 17.2 Å². The molecule has 31 heavy (non-hydrogen) atoms. The number of benzene rings is 2. The Morgan fingerprint density at radius 2 is 1.61 bits per heavy atom. The summed E-state index contributed by atoms with van der Waals surface area (Å²) in [4.78, 5) is 17.5. The highest BCUT2D eigenvalue weighted by atomic mass is 16.5. The van der Waals surface area contributed by atoms with Gasteiger partial charge in [0.25, 0.3) is 5.91 Å². The molecule has 1 saturated heterocycles. The molecule has 1 aliphatic rings. The van der Waals surface area contributed by atoms with E-state index < -0.39 is 0 Å². The van der Waals surface area contributed by atoms with Gasteiger partial charge in [0.2, 0.25) is 5.75 Å². The largest absolute Gasteiger partial charge is 0.493 e. The molecule has 0 atom stereocenters. The Morgan fingerprint density at radius 3 is 2.19 bits per heavy atom. The van der Waals surface area contributed by atoms with Crippen molar-refractivity contribution >= 4 is 5.91 Å². The average molecular weight is 427 g/mol. The first-order valence-electron chi connectivity index (χ1n) is 11.1. The van der Waals surface area contributed by atoms with Crippen molar-refractivity contribution < 1.29 is 19.0 Å². The van der Waals surface area contributed by atoms with Gasteiger partial charge in [0, 0.05) is 38.3 Å². The van der Waals surface area contributed by atoms with Gasteiger partial charge in [-0.15, -0.1) is 0 Å². The molecule has 2 aromatic carbocycles. The van der Waals surface area contributed by atoms with Gasteiger partial charge in [-0.25, -0.2) is 0 Å². The lowest BCUT2D eigenvalue weighted by Crippen LogP contribution is -2.49. The van der Waals surface area contributed by atoms with Gasteiger partial charge in [-0.1, -0.05) is 43.7 Å². The molecule has 0 aliphatic carbocycles. The molecule has 6 heteroatoms. The van der Waals surface area contributed by atoms with Crippen LogP contribution in [0.1, 0.15) is 35.7 Å². The van der Waals surface area contributed by atoms with Gasteiger partial charge >= 0.3 is 0 Å². The van der Waals surface area contributed by atoms with Gasteiger partial charge in [-0.05, 0) is 30.5 Å². The SMILES string of the molecule is CCCCOc1c(OC)cc(C(=O)N2CCN(CCc3ccccc3)CC2)cc1OC. The standard InChI is InChI=1S/C25H34N2O4/c1-4-5-17-31-24-22(29-2)18-21(19-23(24)30-3)25(28)27-15-13-26(14-16-27)12-11-20-9-7-6-8-10-20/h6-10,18-19H,4-5,11-17H2,1-3H3. The summed E-state index contributed by atoms with van der Waals surface area (Å²) in [6.07, 6.45) is 3.02. The molecule has 3 rings (SSSR count). The Hall–Kier alpha value is -2.73. The number of ether oxygens (including phenoxy) is 3. The fourth-order valence-electron chi connectivity index (χ4n) is 3.75. The van der Waals surface area contributed by atoms with Crippen LogP contribution >= 0.6 is 0 Å². The zero-order valence-electron chi connectivity index (χ0n) is 18.9. The predicted octanol–water partition coefficient (Wildman–Crippen LogP) is 3.88. The third-order valence-corrected chi connectivity index (χ3v) is 5.67. The Balaban J connectivity index is 1.60. The number of hydrogen-bond donors (Lipinski definition) is 0. The Kier molecular flexibility index (Phi) is 8.59. The van der Waals surface area contributed by atoms with Gasteiger partial charge in [0.05, 0.1) is 20.8 Å². The van der Waals surface area contributed by atoms with Crippen molar-refractivity contribution in [2.75, 3.05) is 53.6 Å². The van der Waals surface area contributed by atoms with E-state index in [4.69, 9.17) is 14.2 Å². The molecule has 0 unspecified atom stereocenters. The van der Waals surface area contributed by atoms with E-state index in [1.165, 1.54) is 5.56 Å². The van der Waals surface area contributed by atoms with Crippen LogP contribution in [0.2, 0.25) is 0 Å². The summed E-state index contributed by atoms with van der Waals surface area (Å²) < 4.78 is 16.9. The van der Waals surface area contributed by atoms with Gasteiger partial charge in [0.15, 0.2) is 11.5 Å². The summed E-state index contributed by atoms with van der Waals surface area (Å²) >= 11 is 0. The van der Waals surface area contributed by atoms with Crippen LogP contribution in [-0.4, -0.2) is 69.3 Å². The Bertz CT molecular complexity index is 808.